The van der Waals surface area contributed by atoms with Gasteiger partial charge in [-0.05, 0) is 48.4 Å². The van der Waals surface area contributed by atoms with Crippen molar-refractivity contribution in [2.24, 2.45) is 17.1 Å². The molecule has 1 aromatic rings. The van der Waals surface area contributed by atoms with Gasteiger partial charge in [-0.3, -0.25) is 0 Å². The van der Waals surface area contributed by atoms with Crippen LogP contribution >= 0.6 is 23.2 Å². The van der Waals surface area contributed by atoms with Gasteiger partial charge in [0.2, 0.25) is 0 Å². The zero-order valence-corrected chi connectivity index (χ0v) is 14.8. The lowest BCUT2D eigenvalue weighted by Crippen LogP contribution is -2.42. The lowest BCUT2D eigenvalue weighted by molar-refractivity contribution is 0.317. The quantitative estimate of drug-likeness (QED) is 0.783. The summed E-state index contributed by atoms with van der Waals surface area (Å²) in [6.45, 7) is 0. The summed E-state index contributed by atoms with van der Waals surface area (Å²) < 4.78 is 0. The van der Waals surface area contributed by atoms with E-state index in [0.29, 0.717) is 15.6 Å². The monoisotopic (exact) mass is 368 g/mol. The number of nitriles is 3. The second-order valence-corrected chi connectivity index (χ2v) is 7.06. The minimum Gasteiger partial charge on any atom is -0.399 e. The summed E-state index contributed by atoms with van der Waals surface area (Å²) in [6.07, 6.45) is 4.45. The molecule has 0 aromatic heterocycles. The Hall–Kier alpha value is -2.45. The Morgan fingerprint density at radius 1 is 1.12 bits per heavy atom. The van der Waals surface area contributed by atoms with Crippen molar-refractivity contribution < 1.29 is 0 Å². The van der Waals surface area contributed by atoms with Crippen LogP contribution in [0.2, 0.25) is 10.0 Å². The molecule has 2 atom stereocenters. The van der Waals surface area contributed by atoms with Gasteiger partial charge in [-0.1, -0.05) is 35.3 Å². The lowest BCUT2D eigenvalue weighted by Gasteiger charge is -2.43. The molecule has 0 heterocycles. The van der Waals surface area contributed by atoms with Crippen molar-refractivity contribution in [3.8, 4) is 18.2 Å². The van der Waals surface area contributed by atoms with Crippen molar-refractivity contribution in [2.75, 3.05) is 0 Å². The Bertz CT molecular complexity index is 890. The number of halogens is 2. The van der Waals surface area contributed by atoms with Gasteiger partial charge in [0.25, 0.3) is 0 Å². The van der Waals surface area contributed by atoms with Crippen LogP contribution in [0, 0.1) is 45.3 Å². The molecule has 0 unspecified atom stereocenters. The van der Waals surface area contributed by atoms with E-state index in [4.69, 9.17) is 28.9 Å². The molecule has 4 nitrogen and oxygen atoms in total. The Balaban J connectivity index is 2.41. The average Bonchev–Trinajstić information content (AvgIpc) is 2.62. The molecule has 0 saturated carbocycles. The third kappa shape index (κ3) is 2.40. The molecule has 0 radical (unpaired) electrons. The number of allylic oxidation sites excluding steroid dienone is 4. The van der Waals surface area contributed by atoms with Gasteiger partial charge < -0.3 is 5.73 Å². The molecule has 0 amide bonds. The molecular weight excluding hydrogens is 355 g/mol. The van der Waals surface area contributed by atoms with Crippen molar-refractivity contribution >= 4 is 23.2 Å². The topological polar surface area (TPSA) is 97.4 Å². The van der Waals surface area contributed by atoms with Gasteiger partial charge >= 0.3 is 0 Å². The third-order valence-electron chi connectivity index (χ3n) is 5.11. The van der Waals surface area contributed by atoms with Crippen molar-refractivity contribution in [2.45, 2.75) is 25.2 Å². The summed E-state index contributed by atoms with van der Waals surface area (Å²) in [6, 6.07) is 11.3. The summed E-state index contributed by atoms with van der Waals surface area (Å²) in [5, 5.41) is 30.2. The maximum absolute atomic E-state index is 9.93. The van der Waals surface area contributed by atoms with Crippen LogP contribution in [0.4, 0.5) is 0 Å². The smallest absolute Gasteiger partial charge is 0.191 e. The van der Waals surface area contributed by atoms with Crippen LogP contribution in [0.1, 0.15) is 30.7 Å². The van der Waals surface area contributed by atoms with Crippen molar-refractivity contribution in [1.82, 2.24) is 0 Å². The van der Waals surface area contributed by atoms with Gasteiger partial charge in [0.05, 0.1) is 23.4 Å². The Morgan fingerprint density at radius 3 is 2.32 bits per heavy atom. The highest BCUT2D eigenvalue weighted by atomic mass is 35.5. The standard InChI is InChI=1S/C19H14Cl2N4/c20-14-6-3-7-15(21)16(14)17-12-5-2-1-4-11(12)13(8-22)18(25)19(17,9-23)10-24/h3-4,6-7,12,17H,1-2,5,25H2/t12-,17-/m1/s1. The first kappa shape index (κ1) is 17.4. The van der Waals surface area contributed by atoms with Crippen molar-refractivity contribution in [3.63, 3.8) is 0 Å². The number of nitrogens with zero attached hydrogens (tertiary/aromatic N) is 3. The minimum absolute atomic E-state index is 0.00890. The summed E-state index contributed by atoms with van der Waals surface area (Å²) in [5.41, 5.74) is 6.11. The summed E-state index contributed by atoms with van der Waals surface area (Å²) >= 11 is 12.8. The SMILES string of the molecule is N#CC1=C(N)C(C#N)(C#N)[C@@H](c2c(Cl)cccc2Cl)[C@@H]2CCCC=C12. The lowest BCUT2D eigenvalue weighted by atomic mass is 9.56. The molecule has 0 saturated heterocycles. The molecule has 2 N–H and O–H groups in total. The fraction of sp³-hybridized carbons (Fsp3) is 0.316. The molecule has 124 valence electrons. The Morgan fingerprint density at radius 2 is 1.76 bits per heavy atom. The predicted molar refractivity (Wildman–Crippen MR) is 95.1 cm³/mol. The number of nitrogens with two attached hydrogens (primary N) is 1. The number of hydrogen-bond donors (Lipinski definition) is 1. The van der Waals surface area contributed by atoms with Gasteiger partial charge in [-0.15, -0.1) is 0 Å². The van der Waals surface area contributed by atoms with Crippen LogP contribution in [0.15, 0.2) is 41.1 Å². The van der Waals surface area contributed by atoms with E-state index in [9.17, 15) is 15.8 Å². The van der Waals surface area contributed by atoms with Gasteiger partial charge in [-0.25, -0.2) is 0 Å². The van der Waals surface area contributed by atoms with E-state index in [1.165, 1.54) is 0 Å². The van der Waals surface area contributed by atoms with E-state index >= 15 is 0 Å². The third-order valence-corrected chi connectivity index (χ3v) is 5.77. The maximum atomic E-state index is 9.93. The molecule has 0 aliphatic heterocycles. The van der Waals surface area contributed by atoms with E-state index in [2.05, 4.69) is 18.2 Å². The zero-order valence-electron chi connectivity index (χ0n) is 13.3. The van der Waals surface area contributed by atoms with E-state index in [1.54, 1.807) is 18.2 Å². The minimum atomic E-state index is -1.68. The molecule has 3 rings (SSSR count). The zero-order chi connectivity index (χ0) is 18.2. The molecule has 25 heavy (non-hydrogen) atoms. The summed E-state index contributed by atoms with van der Waals surface area (Å²) in [7, 11) is 0. The second kappa shape index (κ2) is 6.45. The van der Waals surface area contributed by atoms with Crippen molar-refractivity contribution in [1.29, 1.82) is 15.8 Å². The number of hydrogen-bond acceptors (Lipinski definition) is 4. The van der Waals surface area contributed by atoms with Gasteiger partial charge in [0, 0.05) is 16.0 Å². The number of benzene rings is 1. The highest BCUT2D eigenvalue weighted by Gasteiger charge is 2.54. The van der Waals surface area contributed by atoms with Gasteiger partial charge in [0.15, 0.2) is 5.41 Å². The van der Waals surface area contributed by atoms with E-state index in [1.807, 2.05) is 6.08 Å². The fourth-order valence-corrected chi connectivity index (χ4v) is 4.63. The normalized spacial score (nSPS) is 24.4. The van der Waals surface area contributed by atoms with Gasteiger partial charge in [0.1, 0.15) is 6.07 Å². The summed E-state index contributed by atoms with van der Waals surface area (Å²) in [5.74, 6) is -0.820. The van der Waals surface area contributed by atoms with Crippen LogP contribution in [0.3, 0.4) is 0 Å². The van der Waals surface area contributed by atoms with E-state index in [-0.39, 0.29) is 17.2 Å². The Labute approximate surface area is 156 Å². The van der Waals surface area contributed by atoms with Crippen LogP contribution < -0.4 is 5.73 Å². The second-order valence-electron chi connectivity index (χ2n) is 6.24. The highest BCUT2D eigenvalue weighted by Crippen LogP contribution is 2.57. The summed E-state index contributed by atoms with van der Waals surface area (Å²) in [4.78, 5) is 0. The molecule has 2 aliphatic carbocycles. The Kier molecular flexibility index (Phi) is 4.49. The first-order chi connectivity index (χ1) is 12.0. The van der Waals surface area contributed by atoms with Gasteiger partial charge in [-0.2, -0.15) is 15.8 Å². The molecule has 2 aliphatic rings. The average molecular weight is 369 g/mol. The first-order valence-electron chi connectivity index (χ1n) is 7.89. The predicted octanol–water partition coefficient (Wildman–Crippen LogP) is 4.59. The van der Waals surface area contributed by atoms with E-state index < -0.39 is 11.3 Å². The molecular formula is C19H14Cl2N4. The largest absolute Gasteiger partial charge is 0.399 e. The first-order valence-corrected chi connectivity index (χ1v) is 8.64. The number of rotatable bonds is 1. The van der Waals surface area contributed by atoms with E-state index in [0.717, 1.165) is 24.8 Å². The number of fused-ring (bicyclic) bond motifs is 1. The molecule has 0 bridgehead atoms. The highest BCUT2D eigenvalue weighted by molar-refractivity contribution is 6.36. The van der Waals surface area contributed by atoms with Crippen LogP contribution in [-0.4, -0.2) is 0 Å². The maximum Gasteiger partial charge on any atom is 0.191 e. The molecule has 0 spiro atoms. The van der Waals surface area contributed by atoms with Crippen LogP contribution in [-0.2, 0) is 0 Å². The van der Waals surface area contributed by atoms with Crippen molar-refractivity contribution in [3.05, 3.63) is 56.7 Å². The molecule has 0 fully saturated rings. The van der Waals surface area contributed by atoms with Crippen LogP contribution in [0.5, 0.6) is 0 Å². The van der Waals surface area contributed by atoms with Crippen LogP contribution in [0.25, 0.3) is 0 Å². The fourth-order valence-electron chi connectivity index (χ4n) is 3.99. The molecule has 1 aromatic carbocycles. The molecule has 6 heteroatoms.